The first kappa shape index (κ1) is 17.7. The third-order valence-electron chi connectivity index (χ3n) is 3.47. The van der Waals surface area contributed by atoms with Gasteiger partial charge in [0.05, 0.1) is 5.56 Å². The Bertz CT molecular complexity index is 526. The SMILES string of the molecule is Cc1ccc(Br)c(C(=O)NCCC(C)(C)CCC(=O)O)c1. The molecule has 1 aromatic rings. The van der Waals surface area contributed by atoms with E-state index in [0.717, 1.165) is 16.5 Å². The van der Waals surface area contributed by atoms with E-state index in [4.69, 9.17) is 5.11 Å². The van der Waals surface area contributed by atoms with Crippen LogP contribution in [0.15, 0.2) is 22.7 Å². The minimum Gasteiger partial charge on any atom is -0.481 e. The summed E-state index contributed by atoms with van der Waals surface area (Å²) in [6.45, 7) is 6.51. The lowest BCUT2D eigenvalue weighted by atomic mass is 9.84. The number of carbonyl (C=O) groups excluding carboxylic acids is 1. The molecule has 0 aliphatic heterocycles. The van der Waals surface area contributed by atoms with Crippen LogP contribution in [0.2, 0.25) is 0 Å². The molecule has 0 aliphatic carbocycles. The van der Waals surface area contributed by atoms with Gasteiger partial charge in [-0.15, -0.1) is 0 Å². The third-order valence-corrected chi connectivity index (χ3v) is 4.16. The van der Waals surface area contributed by atoms with Gasteiger partial charge in [-0.2, -0.15) is 0 Å². The lowest BCUT2D eigenvalue weighted by molar-refractivity contribution is -0.137. The Morgan fingerprint density at radius 3 is 2.57 bits per heavy atom. The topological polar surface area (TPSA) is 66.4 Å². The second kappa shape index (κ2) is 7.59. The molecule has 0 fully saturated rings. The first-order valence-electron chi connectivity index (χ1n) is 6.97. The predicted molar refractivity (Wildman–Crippen MR) is 86.5 cm³/mol. The number of nitrogens with one attached hydrogen (secondary N) is 1. The summed E-state index contributed by atoms with van der Waals surface area (Å²) in [6.07, 6.45) is 1.51. The van der Waals surface area contributed by atoms with Crippen LogP contribution in [0.3, 0.4) is 0 Å². The van der Waals surface area contributed by atoms with Crippen LogP contribution in [0.25, 0.3) is 0 Å². The quantitative estimate of drug-likeness (QED) is 0.782. The van der Waals surface area contributed by atoms with Gasteiger partial charge >= 0.3 is 5.97 Å². The molecule has 0 bridgehead atoms. The Morgan fingerprint density at radius 1 is 1.29 bits per heavy atom. The molecule has 0 heterocycles. The van der Waals surface area contributed by atoms with Crippen molar-refractivity contribution in [3.8, 4) is 0 Å². The highest BCUT2D eigenvalue weighted by Crippen LogP contribution is 2.26. The number of carboxylic acids is 1. The average Bonchev–Trinajstić information content (AvgIpc) is 2.39. The smallest absolute Gasteiger partial charge is 0.303 e. The normalized spacial score (nSPS) is 11.2. The second-order valence-electron chi connectivity index (χ2n) is 6.05. The first-order valence-corrected chi connectivity index (χ1v) is 7.77. The minimum absolute atomic E-state index is 0.102. The number of rotatable bonds is 7. The molecule has 1 rings (SSSR count). The highest BCUT2D eigenvalue weighted by atomic mass is 79.9. The summed E-state index contributed by atoms with van der Waals surface area (Å²) in [5.74, 6) is -0.893. The number of benzene rings is 1. The molecule has 2 N–H and O–H groups in total. The lowest BCUT2D eigenvalue weighted by Crippen LogP contribution is -2.28. The van der Waals surface area contributed by atoms with E-state index in [1.807, 2.05) is 39.0 Å². The number of hydrogen-bond acceptors (Lipinski definition) is 2. The van der Waals surface area contributed by atoms with Crippen LogP contribution in [0.5, 0.6) is 0 Å². The molecule has 5 heteroatoms. The third kappa shape index (κ3) is 6.29. The van der Waals surface area contributed by atoms with Gasteiger partial charge in [-0.05, 0) is 53.2 Å². The molecule has 0 spiro atoms. The maximum Gasteiger partial charge on any atom is 0.303 e. The Labute approximate surface area is 134 Å². The van der Waals surface area contributed by atoms with Gasteiger partial charge in [0.15, 0.2) is 0 Å². The monoisotopic (exact) mass is 355 g/mol. The van der Waals surface area contributed by atoms with Crippen LogP contribution >= 0.6 is 15.9 Å². The van der Waals surface area contributed by atoms with Crippen molar-refractivity contribution in [2.24, 2.45) is 5.41 Å². The molecule has 0 radical (unpaired) electrons. The van der Waals surface area contributed by atoms with E-state index in [1.54, 1.807) is 0 Å². The van der Waals surface area contributed by atoms with E-state index in [1.165, 1.54) is 0 Å². The summed E-state index contributed by atoms with van der Waals surface area (Å²) in [6, 6.07) is 5.64. The van der Waals surface area contributed by atoms with E-state index in [0.29, 0.717) is 18.5 Å². The molecular weight excluding hydrogens is 334 g/mol. The maximum atomic E-state index is 12.1. The molecule has 0 aliphatic rings. The van der Waals surface area contributed by atoms with E-state index in [2.05, 4.69) is 21.2 Å². The number of carboxylic acid groups (broad SMARTS) is 1. The lowest BCUT2D eigenvalue weighted by Gasteiger charge is -2.23. The van der Waals surface area contributed by atoms with Gasteiger partial charge < -0.3 is 10.4 Å². The molecule has 0 atom stereocenters. The summed E-state index contributed by atoms with van der Waals surface area (Å²) in [5, 5.41) is 11.6. The summed E-state index contributed by atoms with van der Waals surface area (Å²) in [7, 11) is 0. The van der Waals surface area contributed by atoms with Crippen molar-refractivity contribution < 1.29 is 14.7 Å². The van der Waals surface area contributed by atoms with Gasteiger partial charge in [0, 0.05) is 17.4 Å². The van der Waals surface area contributed by atoms with Gasteiger partial charge in [0.2, 0.25) is 0 Å². The van der Waals surface area contributed by atoms with Crippen LogP contribution in [0.4, 0.5) is 0 Å². The molecule has 1 aromatic carbocycles. The van der Waals surface area contributed by atoms with Gasteiger partial charge in [0.25, 0.3) is 5.91 Å². The summed E-state index contributed by atoms with van der Waals surface area (Å²) >= 11 is 3.38. The molecule has 0 unspecified atom stereocenters. The van der Waals surface area contributed by atoms with Crippen molar-refractivity contribution in [1.82, 2.24) is 5.32 Å². The number of halogens is 1. The highest BCUT2D eigenvalue weighted by Gasteiger charge is 2.19. The van der Waals surface area contributed by atoms with Crippen molar-refractivity contribution in [3.05, 3.63) is 33.8 Å². The van der Waals surface area contributed by atoms with E-state index >= 15 is 0 Å². The van der Waals surface area contributed by atoms with Gasteiger partial charge in [0.1, 0.15) is 0 Å². The number of carbonyl (C=O) groups is 2. The largest absolute Gasteiger partial charge is 0.481 e. The van der Waals surface area contributed by atoms with Crippen molar-refractivity contribution in [3.63, 3.8) is 0 Å². The van der Waals surface area contributed by atoms with Crippen LogP contribution < -0.4 is 5.32 Å². The van der Waals surface area contributed by atoms with Gasteiger partial charge in [-0.3, -0.25) is 9.59 Å². The Balaban J connectivity index is 2.50. The zero-order chi connectivity index (χ0) is 16.0. The fourth-order valence-corrected chi connectivity index (χ4v) is 2.42. The van der Waals surface area contributed by atoms with Gasteiger partial charge in [-0.25, -0.2) is 0 Å². The Hall–Kier alpha value is -1.36. The van der Waals surface area contributed by atoms with Crippen molar-refractivity contribution in [1.29, 1.82) is 0 Å². The van der Waals surface area contributed by atoms with Crippen molar-refractivity contribution in [2.75, 3.05) is 6.54 Å². The Morgan fingerprint density at radius 2 is 1.95 bits per heavy atom. The zero-order valence-corrected chi connectivity index (χ0v) is 14.3. The molecule has 0 aromatic heterocycles. The number of aryl methyl sites for hydroxylation is 1. The molecular formula is C16H22BrNO3. The highest BCUT2D eigenvalue weighted by molar-refractivity contribution is 9.10. The fourth-order valence-electron chi connectivity index (χ4n) is 1.99. The molecule has 0 saturated heterocycles. The predicted octanol–water partition coefficient (Wildman–Crippen LogP) is 3.77. The van der Waals surface area contributed by atoms with Gasteiger partial charge in [-0.1, -0.05) is 25.5 Å². The zero-order valence-electron chi connectivity index (χ0n) is 12.7. The maximum absolute atomic E-state index is 12.1. The second-order valence-corrected chi connectivity index (χ2v) is 6.90. The molecule has 0 saturated carbocycles. The summed E-state index contributed by atoms with van der Waals surface area (Å²) in [4.78, 5) is 22.7. The van der Waals surface area contributed by atoms with Crippen LogP contribution in [0.1, 0.15) is 49.0 Å². The van der Waals surface area contributed by atoms with E-state index in [-0.39, 0.29) is 17.7 Å². The molecule has 21 heavy (non-hydrogen) atoms. The number of amides is 1. The molecule has 116 valence electrons. The summed E-state index contributed by atoms with van der Waals surface area (Å²) in [5.41, 5.74) is 1.55. The van der Waals surface area contributed by atoms with E-state index < -0.39 is 5.97 Å². The average molecular weight is 356 g/mol. The minimum atomic E-state index is -0.782. The van der Waals surface area contributed by atoms with Crippen LogP contribution in [0, 0.1) is 12.3 Å². The summed E-state index contributed by atoms with van der Waals surface area (Å²) < 4.78 is 0.774. The van der Waals surface area contributed by atoms with Crippen LogP contribution in [-0.2, 0) is 4.79 Å². The van der Waals surface area contributed by atoms with Crippen molar-refractivity contribution >= 4 is 27.8 Å². The Kier molecular flexibility index (Phi) is 6.40. The number of aliphatic carboxylic acids is 1. The first-order chi connectivity index (χ1) is 9.71. The molecule has 4 nitrogen and oxygen atoms in total. The standard InChI is InChI=1S/C16H22BrNO3/c1-11-4-5-13(17)12(10-11)15(21)18-9-8-16(2,3)7-6-14(19)20/h4-5,10H,6-9H2,1-3H3,(H,18,21)(H,19,20). The van der Waals surface area contributed by atoms with Crippen molar-refractivity contribution in [2.45, 2.75) is 40.0 Å². The molecule has 1 amide bonds. The van der Waals surface area contributed by atoms with E-state index in [9.17, 15) is 9.59 Å². The van der Waals surface area contributed by atoms with Crippen LogP contribution in [-0.4, -0.2) is 23.5 Å². The fraction of sp³-hybridized carbons (Fsp3) is 0.500. The number of hydrogen-bond donors (Lipinski definition) is 2.